The fraction of sp³-hybridized carbons (Fsp3) is 0.364. The van der Waals surface area contributed by atoms with E-state index in [4.69, 9.17) is 0 Å². The zero-order chi connectivity index (χ0) is 21.4. The highest BCUT2D eigenvalue weighted by Crippen LogP contribution is 2.36. The number of piperazine rings is 1. The minimum Gasteiger partial charge on any atom is -0.369 e. The van der Waals surface area contributed by atoms with Crippen LogP contribution in [-0.2, 0) is 4.79 Å². The van der Waals surface area contributed by atoms with Crippen molar-refractivity contribution in [3.05, 3.63) is 63.7 Å². The molecule has 156 valence electrons. The van der Waals surface area contributed by atoms with Crippen LogP contribution in [0.5, 0.6) is 0 Å². The first-order chi connectivity index (χ1) is 14.3. The number of likely N-dealkylation sites (N-methyl/N-ethyl adjacent to an activating group) is 1. The highest BCUT2D eigenvalue weighted by Gasteiger charge is 2.32. The quantitative estimate of drug-likeness (QED) is 0.429. The third-order valence-corrected chi connectivity index (χ3v) is 6.04. The minimum absolute atomic E-state index is 0.0517. The topological polar surface area (TPSA) is 87.0 Å². The number of hydrogen-bond acceptors (Lipinski definition) is 6. The standard InChI is InChI=1S/C22H24N4O4/c1-15-19-13-16(3-8-20(19)23(2)22(15)28)21(27)14-24-9-11-25(12-10-24)17-4-6-18(7-5-17)26(29)30/h3-8,13,15H,9-12,14H2,1-2H3. The predicted molar refractivity (Wildman–Crippen MR) is 114 cm³/mol. The Hall–Kier alpha value is -3.26. The van der Waals surface area contributed by atoms with Gasteiger partial charge in [-0.1, -0.05) is 0 Å². The van der Waals surface area contributed by atoms with E-state index in [0.717, 1.165) is 43.1 Å². The average molecular weight is 408 g/mol. The molecule has 0 radical (unpaired) electrons. The molecule has 1 fully saturated rings. The average Bonchev–Trinajstić information content (AvgIpc) is 2.98. The van der Waals surface area contributed by atoms with Gasteiger partial charge in [0.05, 0.1) is 17.4 Å². The number of fused-ring (bicyclic) bond motifs is 1. The van der Waals surface area contributed by atoms with E-state index < -0.39 is 4.92 Å². The summed E-state index contributed by atoms with van der Waals surface area (Å²) in [6.45, 7) is 5.20. The summed E-state index contributed by atoms with van der Waals surface area (Å²) in [4.78, 5) is 41.3. The number of nitro groups is 1. The van der Waals surface area contributed by atoms with Crippen LogP contribution >= 0.6 is 0 Å². The van der Waals surface area contributed by atoms with E-state index in [0.29, 0.717) is 12.1 Å². The van der Waals surface area contributed by atoms with Gasteiger partial charge in [-0.2, -0.15) is 0 Å². The van der Waals surface area contributed by atoms with Gasteiger partial charge in [0.1, 0.15) is 0 Å². The molecule has 0 aliphatic carbocycles. The number of nitro benzene ring substituents is 1. The predicted octanol–water partition coefficient (Wildman–Crippen LogP) is 2.68. The van der Waals surface area contributed by atoms with Gasteiger partial charge in [-0.05, 0) is 42.8 Å². The van der Waals surface area contributed by atoms with Crippen LogP contribution in [0.25, 0.3) is 0 Å². The summed E-state index contributed by atoms with van der Waals surface area (Å²) in [6.07, 6.45) is 0. The van der Waals surface area contributed by atoms with Crippen molar-refractivity contribution < 1.29 is 14.5 Å². The van der Waals surface area contributed by atoms with Crippen LogP contribution in [0.1, 0.15) is 28.8 Å². The van der Waals surface area contributed by atoms with Crippen molar-refractivity contribution in [1.29, 1.82) is 0 Å². The van der Waals surface area contributed by atoms with Crippen molar-refractivity contribution in [2.24, 2.45) is 0 Å². The number of Topliss-reactive ketones (excluding diaryl/α,β-unsaturated/α-hetero) is 1. The van der Waals surface area contributed by atoms with Crippen molar-refractivity contribution >= 4 is 28.8 Å². The van der Waals surface area contributed by atoms with Crippen LogP contribution in [-0.4, -0.2) is 61.3 Å². The highest BCUT2D eigenvalue weighted by atomic mass is 16.6. The number of amides is 1. The van der Waals surface area contributed by atoms with Gasteiger partial charge in [-0.15, -0.1) is 0 Å². The molecule has 0 bridgehead atoms. The van der Waals surface area contributed by atoms with Crippen LogP contribution < -0.4 is 9.80 Å². The molecule has 1 unspecified atom stereocenters. The Labute approximate surface area is 174 Å². The van der Waals surface area contributed by atoms with E-state index in [2.05, 4.69) is 9.80 Å². The van der Waals surface area contributed by atoms with Crippen LogP contribution in [0.3, 0.4) is 0 Å². The first kappa shape index (κ1) is 20.0. The van der Waals surface area contributed by atoms with E-state index in [9.17, 15) is 19.7 Å². The van der Waals surface area contributed by atoms with Gasteiger partial charge < -0.3 is 9.80 Å². The summed E-state index contributed by atoms with van der Waals surface area (Å²) in [7, 11) is 1.76. The zero-order valence-corrected chi connectivity index (χ0v) is 17.1. The van der Waals surface area contributed by atoms with Crippen LogP contribution in [0.4, 0.5) is 17.1 Å². The van der Waals surface area contributed by atoms with E-state index in [1.54, 1.807) is 30.1 Å². The maximum absolute atomic E-state index is 12.8. The first-order valence-corrected chi connectivity index (χ1v) is 10.0. The number of anilines is 2. The number of rotatable bonds is 5. The van der Waals surface area contributed by atoms with E-state index >= 15 is 0 Å². The second-order valence-corrected chi connectivity index (χ2v) is 7.85. The van der Waals surface area contributed by atoms with E-state index in [1.165, 1.54) is 12.1 Å². The molecular formula is C22H24N4O4. The fourth-order valence-corrected chi connectivity index (χ4v) is 4.17. The monoisotopic (exact) mass is 408 g/mol. The van der Waals surface area contributed by atoms with Gasteiger partial charge in [0.25, 0.3) is 5.69 Å². The smallest absolute Gasteiger partial charge is 0.269 e. The Bertz CT molecular complexity index is 997. The number of carbonyl (C=O) groups is 2. The number of nitrogens with zero attached hydrogens (tertiary/aromatic N) is 4. The van der Waals surface area contributed by atoms with Gasteiger partial charge >= 0.3 is 0 Å². The third kappa shape index (κ3) is 3.66. The van der Waals surface area contributed by atoms with Crippen LogP contribution in [0.2, 0.25) is 0 Å². The summed E-state index contributed by atoms with van der Waals surface area (Å²) in [5.74, 6) is -0.115. The summed E-state index contributed by atoms with van der Waals surface area (Å²) in [5.41, 5.74) is 3.46. The van der Waals surface area contributed by atoms with Crippen molar-refractivity contribution in [3.8, 4) is 0 Å². The first-order valence-electron chi connectivity index (χ1n) is 10.0. The molecule has 1 saturated heterocycles. The second-order valence-electron chi connectivity index (χ2n) is 7.85. The summed E-state index contributed by atoms with van der Waals surface area (Å²) in [5, 5.41) is 10.8. The molecular weight excluding hydrogens is 384 g/mol. The molecule has 0 aromatic heterocycles. The van der Waals surface area contributed by atoms with E-state index in [-0.39, 0.29) is 23.3 Å². The molecule has 30 heavy (non-hydrogen) atoms. The Morgan fingerprint density at radius 3 is 2.40 bits per heavy atom. The molecule has 2 heterocycles. The van der Waals surface area contributed by atoms with E-state index in [1.807, 2.05) is 19.1 Å². The van der Waals surface area contributed by atoms with Gasteiger partial charge in [0.15, 0.2) is 5.78 Å². The number of non-ortho nitro benzene ring substituents is 1. The Morgan fingerprint density at radius 2 is 1.77 bits per heavy atom. The van der Waals surface area contributed by atoms with Crippen LogP contribution in [0.15, 0.2) is 42.5 Å². The normalized spacial score (nSPS) is 19.1. The Balaban J connectivity index is 1.36. The maximum atomic E-state index is 12.8. The zero-order valence-electron chi connectivity index (χ0n) is 17.1. The summed E-state index contributed by atoms with van der Waals surface area (Å²) >= 11 is 0. The van der Waals surface area contributed by atoms with Crippen molar-refractivity contribution in [2.45, 2.75) is 12.8 Å². The molecule has 2 aliphatic heterocycles. The second kappa shape index (κ2) is 7.87. The SMILES string of the molecule is CC1C(=O)N(C)c2ccc(C(=O)CN3CCN(c4ccc([N+](=O)[O-])cc4)CC3)cc21. The molecule has 8 nitrogen and oxygen atoms in total. The molecule has 2 aromatic rings. The number of ketones is 1. The Morgan fingerprint density at radius 1 is 1.10 bits per heavy atom. The van der Waals surface area contributed by atoms with Crippen molar-refractivity contribution in [3.63, 3.8) is 0 Å². The molecule has 0 saturated carbocycles. The molecule has 2 aromatic carbocycles. The van der Waals surface area contributed by atoms with Gasteiger partial charge in [-0.3, -0.25) is 24.6 Å². The van der Waals surface area contributed by atoms with Crippen LogP contribution in [0, 0.1) is 10.1 Å². The lowest BCUT2D eigenvalue weighted by Crippen LogP contribution is -2.48. The molecule has 1 atom stereocenters. The Kier molecular flexibility index (Phi) is 5.26. The molecule has 4 rings (SSSR count). The molecule has 1 amide bonds. The summed E-state index contributed by atoms with van der Waals surface area (Å²) in [6, 6.07) is 12.1. The maximum Gasteiger partial charge on any atom is 0.269 e. The number of hydrogen-bond donors (Lipinski definition) is 0. The number of carbonyl (C=O) groups excluding carboxylic acids is 2. The third-order valence-electron chi connectivity index (χ3n) is 6.04. The highest BCUT2D eigenvalue weighted by molar-refractivity contribution is 6.06. The molecule has 2 aliphatic rings. The lowest BCUT2D eigenvalue weighted by Gasteiger charge is -2.35. The summed E-state index contributed by atoms with van der Waals surface area (Å²) < 4.78 is 0. The van der Waals surface area contributed by atoms with Gasteiger partial charge in [-0.25, -0.2) is 0 Å². The molecule has 0 spiro atoms. The van der Waals surface area contributed by atoms with Gasteiger partial charge in [0.2, 0.25) is 5.91 Å². The minimum atomic E-state index is -0.402. The molecule has 8 heteroatoms. The van der Waals surface area contributed by atoms with Gasteiger partial charge in [0, 0.05) is 62.3 Å². The largest absolute Gasteiger partial charge is 0.369 e. The lowest BCUT2D eigenvalue weighted by molar-refractivity contribution is -0.384. The van der Waals surface area contributed by atoms with Crippen molar-refractivity contribution in [2.75, 3.05) is 49.6 Å². The fourth-order valence-electron chi connectivity index (χ4n) is 4.17. The van der Waals surface area contributed by atoms with Crippen molar-refractivity contribution in [1.82, 2.24) is 4.90 Å². The lowest BCUT2D eigenvalue weighted by atomic mass is 9.98. The molecule has 0 N–H and O–H groups in total. The number of benzene rings is 2.